The maximum absolute atomic E-state index is 13.5. The molecule has 5 nitrogen and oxygen atoms in total. The number of fused-ring (bicyclic) bond motifs is 1. The SMILES string of the molecule is CC1(C)OC(=C2C(=O)Nc3cc(F)ccc32)C=C1c1ccc(CC(=O)O)cc1. The van der Waals surface area contributed by atoms with Gasteiger partial charge >= 0.3 is 5.97 Å². The molecule has 4 rings (SSSR count). The predicted octanol–water partition coefficient (Wildman–Crippen LogP) is 4.01. The molecule has 2 aromatic rings. The van der Waals surface area contributed by atoms with Crippen LogP contribution in [0.3, 0.4) is 0 Å². The number of rotatable bonds is 3. The Morgan fingerprint density at radius 2 is 1.89 bits per heavy atom. The van der Waals surface area contributed by atoms with Crippen LogP contribution >= 0.6 is 0 Å². The summed E-state index contributed by atoms with van der Waals surface area (Å²) >= 11 is 0. The molecule has 2 heterocycles. The van der Waals surface area contributed by atoms with Crippen LogP contribution in [0.5, 0.6) is 0 Å². The van der Waals surface area contributed by atoms with E-state index in [9.17, 15) is 14.0 Å². The molecule has 0 aliphatic carbocycles. The number of allylic oxidation sites excluding steroid dienone is 1. The van der Waals surface area contributed by atoms with Crippen LogP contribution in [0.25, 0.3) is 11.1 Å². The van der Waals surface area contributed by atoms with Gasteiger partial charge in [0.15, 0.2) is 0 Å². The Morgan fingerprint density at radius 3 is 2.57 bits per heavy atom. The number of benzene rings is 2. The largest absolute Gasteiger partial charge is 0.482 e. The lowest BCUT2D eigenvalue weighted by atomic mass is 9.91. The van der Waals surface area contributed by atoms with Crippen LogP contribution in [0, 0.1) is 5.82 Å². The fourth-order valence-electron chi connectivity index (χ4n) is 3.58. The van der Waals surface area contributed by atoms with Crippen molar-refractivity contribution in [1.29, 1.82) is 0 Å². The third-order valence-electron chi connectivity index (χ3n) is 4.88. The maximum Gasteiger partial charge on any atom is 0.307 e. The van der Waals surface area contributed by atoms with Crippen LogP contribution in [0.1, 0.15) is 30.5 Å². The van der Waals surface area contributed by atoms with Crippen molar-refractivity contribution in [2.24, 2.45) is 0 Å². The maximum atomic E-state index is 13.5. The van der Waals surface area contributed by atoms with Gasteiger partial charge in [-0.1, -0.05) is 24.3 Å². The predicted molar refractivity (Wildman–Crippen MR) is 103 cm³/mol. The number of carbonyl (C=O) groups is 2. The summed E-state index contributed by atoms with van der Waals surface area (Å²) in [6.45, 7) is 3.80. The van der Waals surface area contributed by atoms with E-state index < -0.39 is 17.4 Å². The van der Waals surface area contributed by atoms with Crippen molar-refractivity contribution in [3.63, 3.8) is 0 Å². The van der Waals surface area contributed by atoms with Crippen molar-refractivity contribution >= 4 is 28.7 Å². The third kappa shape index (κ3) is 3.07. The van der Waals surface area contributed by atoms with Crippen molar-refractivity contribution < 1.29 is 23.8 Å². The van der Waals surface area contributed by atoms with Crippen molar-refractivity contribution in [3.8, 4) is 0 Å². The van der Waals surface area contributed by atoms with Gasteiger partial charge in [-0.3, -0.25) is 9.59 Å². The van der Waals surface area contributed by atoms with Crippen LogP contribution in [0.15, 0.2) is 54.3 Å². The molecular weight excluding hydrogens is 361 g/mol. The van der Waals surface area contributed by atoms with Gasteiger partial charge in [-0.2, -0.15) is 0 Å². The van der Waals surface area contributed by atoms with Gasteiger partial charge in [0.2, 0.25) is 0 Å². The average molecular weight is 379 g/mol. The van der Waals surface area contributed by atoms with Crippen molar-refractivity contribution in [2.75, 3.05) is 5.32 Å². The summed E-state index contributed by atoms with van der Waals surface area (Å²) < 4.78 is 19.6. The van der Waals surface area contributed by atoms with Crippen LogP contribution in [-0.2, 0) is 20.7 Å². The molecule has 142 valence electrons. The molecule has 0 bridgehead atoms. The molecule has 0 saturated heterocycles. The van der Waals surface area contributed by atoms with E-state index in [2.05, 4.69) is 5.32 Å². The fourth-order valence-corrected chi connectivity index (χ4v) is 3.58. The number of hydrogen-bond acceptors (Lipinski definition) is 3. The van der Waals surface area contributed by atoms with Crippen molar-refractivity contribution in [3.05, 3.63) is 76.8 Å². The van der Waals surface area contributed by atoms with E-state index in [1.165, 1.54) is 12.1 Å². The summed E-state index contributed by atoms with van der Waals surface area (Å²) in [5, 5.41) is 11.6. The monoisotopic (exact) mass is 379 g/mol. The van der Waals surface area contributed by atoms with Crippen LogP contribution < -0.4 is 5.32 Å². The first-order valence-electron chi connectivity index (χ1n) is 8.82. The third-order valence-corrected chi connectivity index (χ3v) is 4.88. The molecule has 0 atom stereocenters. The standard InChI is InChI=1S/C22H18FNO4/c1-22(2)16(13-5-3-12(4-6-13)9-19(25)26)11-18(28-22)20-15-8-7-14(23)10-17(15)24-21(20)27/h3-8,10-11H,9H2,1-2H3,(H,24,27)(H,25,26). The number of carboxylic acids is 1. The second-order valence-electron chi connectivity index (χ2n) is 7.32. The van der Waals surface area contributed by atoms with Gasteiger partial charge in [-0.25, -0.2) is 4.39 Å². The molecule has 6 heteroatoms. The Balaban J connectivity index is 1.76. The minimum absolute atomic E-state index is 0.0396. The second kappa shape index (κ2) is 6.34. The molecule has 0 spiro atoms. The lowest BCUT2D eigenvalue weighted by molar-refractivity contribution is -0.136. The Hall–Kier alpha value is -3.41. The van der Waals surface area contributed by atoms with Crippen molar-refractivity contribution in [2.45, 2.75) is 25.9 Å². The number of hydrogen-bond donors (Lipinski definition) is 2. The summed E-state index contributed by atoms with van der Waals surface area (Å²) in [6.07, 6.45) is 1.78. The molecule has 0 aromatic heterocycles. The van der Waals surface area contributed by atoms with E-state index in [-0.39, 0.29) is 12.3 Å². The molecule has 1 amide bonds. The smallest absolute Gasteiger partial charge is 0.307 e. The Bertz CT molecular complexity index is 1060. The molecule has 2 N–H and O–H groups in total. The Labute approximate surface area is 161 Å². The van der Waals surface area contributed by atoms with Crippen LogP contribution in [0.2, 0.25) is 0 Å². The number of aliphatic carboxylic acids is 1. The number of carbonyl (C=O) groups excluding carboxylic acids is 1. The van der Waals surface area contributed by atoms with Gasteiger partial charge in [0, 0.05) is 11.1 Å². The zero-order valence-corrected chi connectivity index (χ0v) is 15.4. The van der Waals surface area contributed by atoms with Crippen LogP contribution in [-0.4, -0.2) is 22.6 Å². The molecule has 0 saturated carbocycles. The number of nitrogens with one attached hydrogen (secondary N) is 1. The molecule has 28 heavy (non-hydrogen) atoms. The number of amides is 1. The molecular formula is C22H18FNO4. The minimum atomic E-state index is -0.883. The second-order valence-corrected chi connectivity index (χ2v) is 7.32. The summed E-state index contributed by atoms with van der Waals surface area (Å²) in [7, 11) is 0. The minimum Gasteiger partial charge on any atom is -0.482 e. The highest BCUT2D eigenvalue weighted by molar-refractivity contribution is 6.32. The summed E-state index contributed by atoms with van der Waals surface area (Å²) in [6, 6.07) is 11.4. The van der Waals surface area contributed by atoms with Crippen LogP contribution in [0.4, 0.5) is 10.1 Å². The molecule has 0 radical (unpaired) electrons. The highest BCUT2D eigenvalue weighted by atomic mass is 19.1. The normalized spacial score (nSPS) is 19.7. The fraction of sp³-hybridized carbons (Fsp3) is 0.182. The average Bonchev–Trinajstić information content (AvgIpc) is 3.09. The number of halogens is 1. The highest BCUT2D eigenvalue weighted by Crippen LogP contribution is 2.44. The van der Waals surface area contributed by atoms with Gasteiger partial charge in [0.25, 0.3) is 5.91 Å². The molecule has 2 aliphatic rings. The van der Waals surface area contributed by atoms with Crippen molar-refractivity contribution in [1.82, 2.24) is 0 Å². The van der Waals surface area contributed by atoms with Gasteiger partial charge in [-0.15, -0.1) is 0 Å². The quantitative estimate of drug-likeness (QED) is 0.790. The van der Waals surface area contributed by atoms with Gasteiger partial charge in [0.1, 0.15) is 17.2 Å². The zero-order chi connectivity index (χ0) is 20.1. The topological polar surface area (TPSA) is 75.6 Å². The van der Waals surface area contributed by atoms with E-state index in [0.717, 1.165) is 11.1 Å². The van der Waals surface area contributed by atoms with E-state index in [1.807, 2.05) is 32.1 Å². The van der Waals surface area contributed by atoms with Gasteiger partial charge in [0.05, 0.1) is 17.7 Å². The van der Waals surface area contributed by atoms with Gasteiger partial charge < -0.3 is 15.2 Å². The van der Waals surface area contributed by atoms with E-state index >= 15 is 0 Å². The van der Waals surface area contributed by atoms with Gasteiger partial charge in [-0.05, 0) is 49.2 Å². The Morgan fingerprint density at radius 1 is 1.18 bits per heavy atom. The molecule has 0 unspecified atom stereocenters. The molecule has 2 aromatic carbocycles. The number of ether oxygens (including phenoxy) is 1. The first-order chi connectivity index (χ1) is 13.2. The van der Waals surface area contributed by atoms with E-state index in [1.54, 1.807) is 18.2 Å². The zero-order valence-electron chi connectivity index (χ0n) is 15.4. The lowest BCUT2D eigenvalue weighted by Gasteiger charge is -2.23. The highest BCUT2D eigenvalue weighted by Gasteiger charge is 2.37. The van der Waals surface area contributed by atoms with E-state index in [4.69, 9.17) is 9.84 Å². The summed E-state index contributed by atoms with van der Waals surface area (Å²) in [5.74, 6) is -1.21. The summed E-state index contributed by atoms with van der Waals surface area (Å²) in [5.41, 5.74) is 3.19. The number of anilines is 1. The lowest BCUT2D eigenvalue weighted by Crippen LogP contribution is -2.21. The molecule has 2 aliphatic heterocycles. The van der Waals surface area contributed by atoms with E-state index in [0.29, 0.717) is 28.1 Å². The first kappa shape index (κ1) is 18.0. The first-order valence-corrected chi connectivity index (χ1v) is 8.82. The Kier molecular flexibility index (Phi) is 4.07. The number of carboxylic acid groups (broad SMARTS) is 1. The molecule has 0 fully saturated rings. The summed E-state index contributed by atoms with van der Waals surface area (Å²) in [4.78, 5) is 23.3.